The first-order valence-corrected chi connectivity index (χ1v) is 7.58. The van der Waals surface area contributed by atoms with E-state index in [0.29, 0.717) is 18.4 Å². The molecular formula is C15H18O3S. The third kappa shape index (κ3) is 1.77. The molecule has 0 aromatic rings. The fourth-order valence-corrected chi connectivity index (χ4v) is 5.53. The Balaban J connectivity index is 2.05. The first-order chi connectivity index (χ1) is 8.91. The van der Waals surface area contributed by atoms with E-state index < -0.39 is 0 Å². The molecule has 4 heteroatoms. The number of ketones is 1. The molecule has 6 atom stereocenters. The molecule has 3 rings (SSSR count). The number of allylic oxidation sites excluding steroid dienone is 1. The summed E-state index contributed by atoms with van der Waals surface area (Å²) in [5, 5.41) is 10.0. The lowest BCUT2D eigenvalue weighted by atomic mass is 9.80. The largest absolute Gasteiger partial charge is 0.393 e. The minimum absolute atomic E-state index is 0.0519. The Morgan fingerprint density at radius 3 is 2.68 bits per heavy atom. The molecule has 0 amide bonds. The lowest BCUT2D eigenvalue weighted by Crippen LogP contribution is -2.32. The summed E-state index contributed by atoms with van der Waals surface area (Å²) >= 11 is 1.25. The zero-order valence-electron chi connectivity index (χ0n) is 11.0. The predicted molar refractivity (Wildman–Crippen MR) is 74.5 cm³/mol. The van der Waals surface area contributed by atoms with Crippen molar-refractivity contribution in [1.82, 2.24) is 0 Å². The number of carbonyl (C=O) groups is 2. The summed E-state index contributed by atoms with van der Waals surface area (Å²) in [6, 6.07) is 0. The third-order valence-corrected chi connectivity index (χ3v) is 6.37. The quantitative estimate of drug-likeness (QED) is 0.543. The van der Waals surface area contributed by atoms with E-state index in [0.717, 1.165) is 5.57 Å². The van der Waals surface area contributed by atoms with Crippen molar-refractivity contribution in [3.8, 4) is 0 Å². The van der Waals surface area contributed by atoms with Gasteiger partial charge in [-0.15, -0.1) is 0 Å². The summed E-state index contributed by atoms with van der Waals surface area (Å²) < 4.78 is 0. The maximum atomic E-state index is 12.3. The van der Waals surface area contributed by atoms with Gasteiger partial charge in [0.25, 0.3) is 0 Å². The van der Waals surface area contributed by atoms with Crippen LogP contribution in [0.15, 0.2) is 24.3 Å². The van der Waals surface area contributed by atoms with Crippen molar-refractivity contribution >= 4 is 22.7 Å². The molecule has 2 aliphatic carbocycles. The van der Waals surface area contributed by atoms with Crippen molar-refractivity contribution < 1.29 is 14.7 Å². The second-order valence-electron chi connectivity index (χ2n) is 6.02. The smallest absolute Gasteiger partial charge is 0.215 e. The SMILES string of the molecule is C=C1CC(=O)C2C(=C)C(=O)SC2C2C1CC(O)C2C. The van der Waals surface area contributed by atoms with Gasteiger partial charge in [-0.3, -0.25) is 9.59 Å². The number of fused-ring (bicyclic) bond motifs is 3. The van der Waals surface area contributed by atoms with Gasteiger partial charge in [-0.05, 0) is 24.2 Å². The minimum Gasteiger partial charge on any atom is -0.393 e. The van der Waals surface area contributed by atoms with Gasteiger partial charge in [0.2, 0.25) is 5.12 Å². The first kappa shape index (κ1) is 13.1. The summed E-state index contributed by atoms with van der Waals surface area (Å²) in [6.07, 6.45) is 0.641. The zero-order chi connectivity index (χ0) is 13.9. The molecule has 2 saturated carbocycles. The Bertz CT molecular complexity index is 496. The zero-order valence-corrected chi connectivity index (χ0v) is 11.8. The van der Waals surface area contributed by atoms with Crippen LogP contribution in [-0.2, 0) is 9.59 Å². The van der Waals surface area contributed by atoms with Crippen LogP contribution in [0, 0.1) is 23.7 Å². The lowest BCUT2D eigenvalue weighted by Gasteiger charge is -2.28. The van der Waals surface area contributed by atoms with Crippen molar-refractivity contribution in [2.24, 2.45) is 23.7 Å². The van der Waals surface area contributed by atoms with Crippen LogP contribution in [0.1, 0.15) is 19.8 Å². The molecule has 0 aromatic heterocycles. The van der Waals surface area contributed by atoms with Crippen molar-refractivity contribution in [2.45, 2.75) is 31.1 Å². The van der Waals surface area contributed by atoms with Gasteiger partial charge in [-0.2, -0.15) is 0 Å². The summed E-state index contributed by atoms with van der Waals surface area (Å²) in [7, 11) is 0. The molecule has 0 spiro atoms. The van der Waals surface area contributed by atoms with E-state index in [2.05, 4.69) is 13.2 Å². The lowest BCUT2D eigenvalue weighted by molar-refractivity contribution is -0.121. The maximum absolute atomic E-state index is 12.3. The molecule has 6 unspecified atom stereocenters. The van der Waals surface area contributed by atoms with E-state index >= 15 is 0 Å². The van der Waals surface area contributed by atoms with E-state index in [1.807, 2.05) is 6.92 Å². The molecule has 1 N–H and O–H groups in total. The van der Waals surface area contributed by atoms with Crippen LogP contribution < -0.4 is 0 Å². The van der Waals surface area contributed by atoms with E-state index in [1.54, 1.807) is 0 Å². The van der Waals surface area contributed by atoms with Crippen molar-refractivity contribution in [2.75, 3.05) is 0 Å². The summed E-state index contributed by atoms with van der Waals surface area (Å²) in [5.41, 5.74) is 1.37. The molecule has 1 saturated heterocycles. The highest BCUT2D eigenvalue weighted by atomic mass is 32.2. The van der Waals surface area contributed by atoms with Crippen LogP contribution in [0.5, 0.6) is 0 Å². The highest BCUT2D eigenvalue weighted by Crippen LogP contribution is 2.55. The van der Waals surface area contributed by atoms with E-state index in [1.165, 1.54) is 11.8 Å². The van der Waals surface area contributed by atoms with Gasteiger partial charge in [0.1, 0.15) is 5.78 Å². The monoisotopic (exact) mass is 278 g/mol. The highest BCUT2D eigenvalue weighted by molar-refractivity contribution is 8.15. The molecule has 102 valence electrons. The number of hydrogen-bond donors (Lipinski definition) is 1. The number of Topliss-reactive ketones (excluding diaryl/α,β-unsaturated/α-hetero) is 1. The summed E-state index contributed by atoms with van der Waals surface area (Å²) in [5.74, 6) is 0.139. The topological polar surface area (TPSA) is 54.4 Å². The molecule has 3 fully saturated rings. The van der Waals surface area contributed by atoms with Gasteiger partial charge in [-0.25, -0.2) is 0 Å². The van der Waals surface area contributed by atoms with Crippen LogP contribution in [0.3, 0.4) is 0 Å². The Kier molecular flexibility index (Phi) is 2.98. The number of aliphatic hydroxyl groups excluding tert-OH is 1. The van der Waals surface area contributed by atoms with Gasteiger partial charge >= 0.3 is 0 Å². The molecule has 0 radical (unpaired) electrons. The highest BCUT2D eigenvalue weighted by Gasteiger charge is 2.55. The Labute approximate surface area is 117 Å². The maximum Gasteiger partial charge on any atom is 0.215 e. The summed E-state index contributed by atoms with van der Waals surface area (Å²) in [6.45, 7) is 9.88. The summed E-state index contributed by atoms with van der Waals surface area (Å²) in [4.78, 5) is 24.2. The number of hydrogen-bond acceptors (Lipinski definition) is 4. The normalized spacial score (nSPS) is 46.2. The molecule has 3 nitrogen and oxygen atoms in total. The molecule has 1 heterocycles. The molecule has 0 bridgehead atoms. The van der Waals surface area contributed by atoms with Gasteiger partial charge in [0.15, 0.2) is 0 Å². The van der Waals surface area contributed by atoms with Crippen LogP contribution in [0.25, 0.3) is 0 Å². The minimum atomic E-state index is -0.364. The average Bonchev–Trinajstić information content (AvgIpc) is 2.75. The van der Waals surface area contributed by atoms with Crippen LogP contribution in [0.4, 0.5) is 0 Å². The van der Waals surface area contributed by atoms with E-state index in [4.69, 9.17) is 0 Å². The Morgan fingerprint density at radius 1 is 1.32 bits per heavy atom. The van der Waals surface area contributed by atoms with E-state index in [9.17, 15) is 14.7 Å². The molecule has 1 aliphatic heterocycles. The van der Waals surface area contributed by atoms with Gasteiger partial charge in [0.05, 0.1) is 12.0 Å². The molecule has 0 aromatic carbocycles. The standard InChI is InChI=1S/C15H18O3S/c1-6-4-11(17)13-8(3)15(18)19-14(13)12-7(2)10(16)5-9(6)12/h7,9-10,12-14,16H,1,3-5H2,2H3. The second-order valence-corrected chi connectivity index (χ2v) is 7.17. The Hall–Kier alpha value is -0.870. The predicted octanol–water partition coefficient (Wildman–Crippen LogP) is 1.96. The third-order valence-electron chi connectivity index (χ3n) is 5.04. The fraction of sp³-hybridized carbons (Fsp3) is 0.600. The van der Waals surface area contributed by atoms with Gasteiger partial charge in [0, 0.05) is 17.2 Å². The number of thioether (sulfide) groups is 1. The molecule has 19 heavy (non-hydrogen) atoms. The van der Waals surface area contributed by atoms with E-state index in [-0.39, 0.29) is 45.9 Å². The molecular weight excluding hydrogens is 260 g/mol. The van der Waals surface area contributed by atoms with Gasteiger partial charge < -0.3 is 5.11 Å². The second kappa shape index (κ2) is 4.32. The molecule has 3 aliphatic rings. The average molecular weight is 278 g/mol. The first-order valence-electron chi connectivity index (χ1n) is 6.70. The number of carbonyl (C=O) groups excluding carboxylic acids is 2. The van der Waals surface area contributed by atoms with Crippen molar-refractivity contribution in [3.63, 3.8) is 0 Å². The van der Waals surface area contributed by atoms with Crippen LogP contribution in [-0.4, -0.2) is 27.4 Å². The van der Waals surface area contributed by atoms with Crippen molar-refractivity contribution in [3.05, 3.63) is 24.3 Å². The van der Waals surface area contributed by atoms with Crippen LogP contribution >= 0.6 is 11.8 Å². The number of aliphatic hydroxyl groups is 1. The number of rotatable bonds is 0. The van der Waals surface area contributed by atoms with Gasteiger partial charge in [-0.1, -0.05) is 37.4 Å². The van der Waals surface area contributed by atoms with Crippen molar-refractivity contribution in [1.29, 1.82) is 0 Å². The fourth-order valence-electron chi connectivity index (χ4n) is 3.96. The van der Waals surface area contributed by atoms with Crippen LogP contribution in [0.2, 0.25) is 0 Å². The Morgan fingerprint density at radius 2 is 2.00 bits per heavy atom.